The van der Waals surface area contributed by atoms with E-state index in [1.807, 2.05) is 0 Å². The summed E-state index contributed by atoms with van der Waals surface area (Å²) in [6.07, 6.45) is 2.76. The number of hydrogen-bond acceptors (Lipinski definition) is 8. The first-order valence-electron chi connectivity index (χ1n) is 9.91. The van der Waals surface area contributed by atoms with Crippen molar-refractivity contribution in [2.45, 2.75) is 6.54 Å². The average molecular weight is 469 g/mol. The molecule has 1 amide bonds. The molecule has 4 rings (SSSR count). The van der Waals surface area contributed by atoms with Gasteiger partial charge in [-0.25, -0.2) is 23.3 Å². The fourth-order valence-corrected chi connectivity index (χ4v) is 3.20. The predicted molar refractivity (Wildman–Crippen MR) is 118 cm³/mol. The first kappa shape index (κ1) is 22.6. The van der Waals surface area contributed by atoms with Gasteiger partial charge in [0.25, 0.3) is 5.88 Å². The first-order valence-corrected chi connectivity index (χ1v) is 9.91. The Hall–Kier alpha value is -4.61. The summed E-state index contributed by atoms with van der Waals surface area (Å²) in [5.41, 5.74) is -0.0999. The van der Waals surface area contributed by atoms with E-state index < -0.39 is 17.4 Å². The molecule has 0 saturated carbocycles. The zero-order valence-corrected chi connectivity index (χ0v) is 18.4. The van der Waals surface area contributed by atoms with Gasteiger partial charge >= 0.3 is 5.69 Å². The summed E-state index contributed by atoms with van der Waals surface area (Å²) in [7, 11) is 4.38. The molecule has 12 heteroatoms. The number of fused-ring (bicyclic) bond motifs is 1. The second-order valence-corrected chi connectivity index (χ2v) is 6.88. The monoisotopic (exact) mass is 469 g/mol. The topological polar surface area (TPSA) is 118 Å². The third-order valence-corrected chi connectivity index (χ3v) is 4.74. The maximum absolute atomic E-state index is 13.1. The molecule has 0 aliphatic rings. The zero-order chi connectivity index (χ0) is 24.2. The Morgan fingerprint density at radius 3 is 2.35 bits per heavy atom. The molecule has 2 aromatic heterocycles. The number of nitrogens with one attached hydrogen (secondary N) is 1. The molecule has 2 aromatic carbocycles. The Labute approximate surface area is 192 Å². The number of benzene rings is 2. The number of carbonyl (C=O) groups excluding carboxylic acids is 1. The van der Waals surface area contributed by atoms with Crippen molar-refractivity contribution in [2.75, 3.05) is 26.6 Å². The summed E-state index contributed by atoms with van der Waals surface area (Å²) < 4.78 is 36.8. The van der Waals surface area contributed by atoms with Crippen LogP contribution in [0, 0.1) is 5.82 Å². The highest BCUT2D eigenvalue weighted by atomic mass is 19.1. The van der Waals surface area contributed by atoms with E-state index in [1.54, 1.807) is 12.1 Å². The number of nitrogens with zero attached hydrogens (tertiary/aromatic N) is 4. The minimum Gasteiger partial charge on any atom is -0.493 e. The van der Waals surface area contributed by atoms with Gasteiger partial charge in [-0.05, 0) is 24.3 Å². The van der Waals surface area contributed by atoms with Crippen LogP contribution in [0.15, 0.2) is 53.6 Å². The molecule has 176 valence electrons. The molecule has 0 aliphatic carbocycles. The van der Waals surface area contributed by atoms with E-state index in [2.05, 4.69) is 15.4 Å². The quantitative estimate of drug-likeness (QED) is 0.418. The van der Waals surface area contributed by atoms with Crippen molar-refractivity contribution >= 4 is 17.2 Å². The van der Waals surface area contributed by atoms with Gasteiger partial charge in [-0.2, -0.15) is 0 Å². The molecule has 0 bridgehead atoms. The number of halogens is 1. The number of amides is 1. The van der Waals surface area contributed by atoms with E-state index in [-0.39, 0.29) is 18.1 Å². The minimum atomic E-state index is -0.568. The zero-order valence-electron chi connectivity index (χ0n) is 18.4. The molecule has 0 radical (unpaired) electrons. The molecular formula is C22H20FN5O6. The van der Waals surface area contributed by atoms with Crippen molar-refractivity contribution in [1.82, 2.24) is 19.2 Å². The van der Waals surface area contributed by atoms with Crippen LogP contribution in [0.5, 0.6) is 28.9 Å². The second-order valence-electron chi connectivity index (χ2n) is 6.88. The van der Waals surface area contributed by atoms with E-state index in [0.29, 0.717) is 28.7 Å². The van der Waals surface area contributed by atoms with Crippen molar-refractivity contribution in [1.29, 1.82) is 0 Å². The fraction of sp³-hybridized carbons (Fsp3) is 0.182. The molecule has 0 fully saturated rings. The Kier molecular flexibility index (Phi) is 6.30. The van der Waals surface area contributed by atoms with Crippen LogP contribution in [-0.4, -0.2) is 46.4 Å². The van der Waals surface area contributed by atoms with Crippen molar-refractivity contribution in [3.8, 4) is 28.9 Å². The molecule has 11 nitrogen and oxygen atoms in total. The summed E-state index contributed by atoms with van der Waals surface area (Å²) in [6, 6.07) is 8.41. The van der Waals surface area contributed by atoms with Crippen LogP contribution in [-0.2, 0) is 11.3 Å². The molecule has 0 unspecified atom stereocenters. The molecule has 4 aromatic rings. The van der Waals surface area contributed by atoms with Gasteiger partial charge in [0, 0.05) is 30.2 Å². The fourth-order valence-electron chi connectivity index (χ4n) is 3.20. The van der Waals surface area contributed by atoms with Crippen LogP contribution in [0.4, 0.5) is 10.1 Å². The number of anilines is 1. The number of carbonyl (C=O) groups is 1. The number of ether oxygens (including phenoxy) is 4. The standard InChI is InChI=1S/C22H20FN5O6/c1-31-16-10-14(11-17(32-2)19(16)33-3)25-18(29)12-28-22(30)27-9-8-24-21(20(27)26-28)34-15-6-4-13(23)5-7-15/h4-11H,12H2,1-3H3,(H,25,29). The Morgan fingerprint density at radius 1 is 1.06 bits per heavy atom. The van der Waals surface area contributed by atoms with Crippen LogP contribution >= 0.6 is 0 Å². The lowest BCUT2D eigenvalue weighted by molar-refractivity contribution is -0.117. The van der Waals surface area contributed by atoms with Gasteiger partial charge in [-0.1, -0.05) is 0 Å². The predicted octanol–water partition coefficient (Wildman–Crippen LogP) is 2.49. The lowest BCUT2D eigenvalue weighted by Crippen LogP contribution is -2.28. The third kappa shape index (κ3) is 4.46. The van der Waals surface area contributed by atoms with Crippen molar-refractivity contribution in [2.24, 2.45) is 0 Å². The molecule has 0 spiro atoms. The van der Waals surface area contributed by atoms with Crippen LogP contribution in [0.2, 0.25) is 0 Å². The average Bonchev–Trinajstić information content (AvgIpc) is 3.15. The Morgan fingerprint density at radius 2 is 1.74 bits per heavy atom. The second kappa shape index (κ2) is 9.48. The molecule has 2 heterocycles. The summed E-state index contributed by atoms with van der Waals surface area (Å²) in [5.74, 6) is 0.483. The highest BCUT2D eigenvalue weighted by Crippen LogP contribution is 2.39. The minimum absolute atomic E-state index is 0.0231. The molecular weight excluding hydrogens is 449 g/mol. The largest absolute Gasteiger partial charge is 0.493 e. The number of aromatic nitrogens is 4. The highest BCUT2D eigenvalue weighted by Gasteiger charge is 2.18. The summed E-state index contributed by atoms with van der Waals surface area (Å²) in [4.78, 5) is 29.5. The number of methoxy groups -OCH3 is 3. The first-order chi connectivity index (χ1) is 16.4. The van der Waals surface area contributed by atoms with E-state index in [1.165, 1.54) is 62.4 Å². The van der Waals surface area contributed by atoms with Crippen molar-refractivity contribution < 1.29 is 28.1 Å². The van der Waals surface area contributed by atoms with Gasteiger partial charge in [0.2, 0.25) is 17.3 Å². The SMILES string of the molecule is COc1cc(NC(=O)Cn2nc3c(Oc4ccc(F)cc4)nccn3c2=O)cc(OC)c1OC. The number of hydrogen-bond donors (Lipinski definition) is 1. The molecule has 0 aliphatic heterocycles. The third-order valence-electron chi connectivity index (χ3n) is 4.74. The summed E-state index contributed by atoms with van der Waals surface area (Å²) >= 11 is 0. The van der Waals surface area contributed by atoms with E-state index >= 15 is 0 Å². The maximum atomic E-state index is 13.1. The molecule has 1 N–H and O–H groups in total. The van der Waals surface area contributed by atoms with Gasteiger partial charge in [0.1, 0.15) is 18.1 Å². The van der Waals surface area contributed by atoms with E-state index in [0.717, 1.165) is 4.68 Å². The smallest absolute Gasteiger partial charge is 0.351 e. The van der Waals surface area contributed by atoms with Crippen LogP contribution < -0.4 is 30.0 Å². The van der Waals surface area contributed by atoms with Crippen molar-refractivity contribution in [3.63, 3.8) is 0 Å². The van der Waals surface area contributed by atoms with Gasteiger partial charge in [0.05, 0.1) is 21.3 Å². The Balaban J connectivity index is 1.58. The highest BCUT2D eigenvalue weighted by molar-refractivity contribution is 5.91. The van der Waals surface area contributed by atoms with Gasteiger partial charge in [0.15, 0.2) is 11.5 Å². The number of rotatable bonds is 8. The molecule has 34 heavy (non-hydrogen) atoms. The van der Waals surface area contributed by atoms with Crippen LogP contribution in [0.1, 0.15) is 0 Å². The maximum Gasteiger partial charge on any atom is 0.351 e. The molecule has 0 saturated heterocycles. The van der Waals surface area contributed by atoms with Gasteiger partial charge in [-0.3, -0.25) is 4.79 Å². The normalized spacial score (nSPS) is 10.7. The molecule has 0 atom stereocenters. The van der Waals surface area contributed by atoms with Gasteiger partial charge < -0.3 is 24.3 Å². The van der Waals surface area contributed by atoms with Crippen LogP contribution in [0.3, 0.4) is 0 Å². The van der Waals surface area contributed by atoms with Gasteiger partial charge in [-0.15, -0.1) is 5.10 Å². The van der Waals surface area contributed by atoms with Crippen molar-refractivity contribution in [3.05, 3.63) is 65.1 Å². The lowest BCUT2D eigenvalue weighted by Gasteiger charge is -2.14. The van der Waals surface area contributed by atoms with Crippen LogP contribution in [0.25, 0.3) is 5.65 Å². The van der Waals surface area contributed by atoms with E-state index in [9.17, 15) is 14.0 Å². The summed E-state index contributed by atoms with van der Waals surface area (Å²) in [5, 5.41) is 6.85. The summed E-state index contributed by atoms with van der Waals surface area (Å²) in [6.45, 7) is -0.382. The Bertz CT molecular complexity index is 1370. The van der Waals surface area contributed by atoms with E-state index in [4.69, 9.17) is 18.9 Å². The lowest BCUT2D eigenvalue weighted by atomic mass is 10.2.